The molecule has 1 heterocycles. The third kappa shape index (κ3) is 13.3. The molecule has 2 unspecified atom stereocenters. The number of ether oxygens (including phenoxy) is 3. The van der Waals surface area contributed by atoms with Gasteiger partial charge in [-0.3, -0.25) is 19.2 Å². The second-order valence-corrected chi connectivity index (χ2v) is 14.4. The van der Waals surface area contributed by atoms with Crippen LogP contribution in [0.2, 0.25) is 0 Å². The maximum Gasteiger partial charge on any atom is 0.306 e. The minimum absolute atomic E-state index is 0.143. The third-order valence-electron chi connectivity index (χ3n) is 10.0. The Bertz CT molecular complexity index is 1120. The minimum atomic E-state index is -3.46. The lowest BCUT2D eigenvalue weighted by molar-refractivity contribution is -0.378. The average molecular weight is 781 g/mol. The Labute approximate surface area is 318 Å². The molecular formula is C38H68O16. The number of carbonyl (C=O) groups is 4. The fourth-order valence-corrected chi connectivity index (χ4v) is 6.55. The van der Waals surface area contributed by atoms with Gasteiger partial charge in [0.25, 0.3) is 0 Å². The number of carbonyl (C=O) groups excluding carboxylic acids is 4. The molecule has 0 amide bonds. The lowest BCUT2D eigenvalue weighted by atomic mass is 9.64. The van der Waals surface area contributed by atoms with Crippen LogP contribution in [0.4, 0.5) is 0 Å². The first kappa shape index (κ1) is 50.1. The van der Waals surface area contributed by atoms with Crippen LogP contribution in [-0.4, -0.2) is 142 Å². The molecule has 1 saturated heterocycles. The topological polar surface area (TPSA) is 278 Å². The van der Waals surface area contributed by atoms with E-state index < -0.39 is 109 Å². The highest BCUT2D eigenvalue weighted by atomic mass is 16.8. The molecular weight excluding hydrogens is 712 g/mol. The number of ketones is 3. The number of Topliss-reactive ketones (excluding diaryl/α,β-unsaturated/α-hetero) is 3. The van der Waals surface area contributed by atoms with E-state index >= 15 is 0 Å². The third-order valence-corrected chi connectivity index (χ3v) is 10.0. The molecule has 0 aliphatic carbocycles. The Kier molecular flexibility index (Phi) is 23.5. The molecule has 0 aromatic carbocycles. The maximum absolute atomic E-state index is 14.3. The maximum atomic E-state index is 14.3. The normalized spacial score (nSPS) is 26.4. The molecule has 11 atom stereocenters. The molecule has 1 aliphatic heterocycles. The van der Waals surface area contributed by atoms with Gasteiger partial charge in [-0.25, -0.2) is 0 Å². The molecule has 1 aliphatic rings. The van der Waals surface area contributed by atoms with Crippen molar-refractivity contribution in [1.82, 2.24) is 0 Å². The van der Waals surface area contributed by atoms with Crippen LogP contribution in [0.15, 0.2) is 0 Å². The molecule has 54 heavy (non-hydrogen) atoms. The van der Waals surface area contributed by atoms with Crippen molar-refractivity contribution in [2.75, 3.05) is 6.61 Å². The monoisotopic (exact) mass is 780 g/mol. The van der Waals surface area contributed by atoms with E-state index in [0.29, 0.717) is 57.8 Å². The van der Waals surface area contributed by atoms with Crippen molar-refractivity contribution in [1.29, 1.82) is 0 Å². The molecule has 16 nitrogen and oxygen atoms in total. The minimum Gasteiger partial charge on any atom is -0.453 e. The fraction of sp³-hybridized carbons (Fsp3) is 0.895. The van der Waals surface area contributed by atoms with E-state index in [9.17, 15) is 65.1 Å². The Balaban J connectivity index is 3.98. The highest BCUT2D eigenvalue weighted by Gasteiger charge is 2.74. The van der Waals surface area contributed by atoms with Crippen LogP contribution in [0, 0.1) is 0 Å². The number of aliphatic hydroxyl groups excluding tert-OH is 7. The van der Waals surface area contributed by atoms with Gasteiger partial charge in [-0.2, -0.15) is 0 Å². The lowest BCUT2D eigenvalue weighted by Crippen LogP contribution is -2.82. The van der Waals surface area contributed by atoms with Gasteiger partial charge in [0.05, 0.1) is 6.61 Å². The van der Waals surface area contributed by atoms with Crippen molar-refractivity contribution >= 4 is 23.3 Å². The molecule has 0 aromatic rings. The van der Waals surface area contributed by atoms with Gasteiger partial charge in [-0.1, -0.05) is 91.9 Å². The Morgan fingerprint density at radius 3 is 1.59 bits per heavy atom. The van der Waals surface area contributed by atoms with Crippen molar-refractivity contribution in [2.45, 2.75) is 210 Å². The van der Waals surface area contributed by atoms with E-state index in [2.05, 4.69) is 0 Å². The molecule has 316 valence electrons. The highest BCUT2D eigenvalue weighted by molar-refractivity contribution is 6.01. The van der Waals surface area contributed by atoms with Gasteiger partial charge in [0.15, 0.2) is 35.3 Å². The van der Waals surface area contributed by atoms with E-state index in [0.717, 1.165) is 19.3 Å². The van der Waals surface area contributed by atoms with E-state index in [4.69, 9.17) is 14.2 Å². The van der Waals surface area contributed by atoms with Gasteiger partial charge < -0.3 is 60.2 Å². The number of aliphatic hydroxyl groups is 9. The summed E-state index contributed by atoms with van der Waals surface area (Å²) in [6, 6.07) is 0. The van der Waals surface area contributed by atoms with E-state index in [-0.39, 0.29) is 25.7 Å². The molecule has 9 N–H and O–H groups in total. The quantitative estimate of drug-likeness (QED) is 0.0280. The molecule has 0 saturated carbocycles. The summed E-state index contributed by atoms with van der Waals surface area (Å²) in [5.74, 6) is -4.36. The van der Waals surface area contributed by atoms with Gasteiger partial charge in [-0.15, -0.1) is 0 Å². The Morgan fingerprint density at radius 1 is 0.611 bits per heavy atom. The largest absolute Gasteiger partial charge is 0.453 e. The molecule has 0 spiro atoms. The zero-order valence-corrected chi connectivity index (χ0v) is 32.5. The Morgan fingerprint density at radius 2 is 1.07 bits per heavy atom. The second-order valence-electron chi connectivity index (χ2n) is 14.4. The van der Waals surface area contributed by atoms with Crippen LogP contribution >= 0.6 is 0 Å². The molecule has 0 radical (unpaired) electrons. The molecule has 1 fully saturated rings. The highest BCUT2D eigenvalue weighted by Crippen LogP contribution is 2.45. The summed E-state index contributed by atoms with van der Waals surface area (Å²) >= 11 is 0. The predicted octanol–water partition coefficient (Wildman–Crippen LogP) is 1.03. The summed E-state index contributed by atoms with van der Waals surface area (Å²) in [5, 5.41) is 97.9. The van der Waals surface area contributed by atoms with Crippen molar-refractivity contribution in [3.05, 3.63) is 0 Å². The molecule has 0 bridgehead atoms. The zero-order valence-electron chi connectivity index (χ0n) is 32.5. The van der Waals surface area contributed by atoms with Gasteiger partial charge in [-0.05, 0) is 25.7 Å². The summed E-state index contributed by atoms with van der Waals surface area (Å²) in [5.41, 5.74) is -6.88. The van der Waals surface area contributed by atoms with E-state index in [1.54, 1.807) is 0 Å². The average Bonchev–Trinajstić information content (AvgIpc) is 3.15. The zero-order chi connectivity index (χ0) is 41.1. The summed E-state index contributed by atoms with van der Waals surface area (Å²) in [4.78, 5) is 55.3. The fourth-order valence-electron chi connectivity index (χ4n) is 6.55. The first-order valence-corrected chi connectivity index (χ1v) is 19.8. The number of rotatable bonds is 30. The summed E-state index contributed by atoms with van der Waals surface area (Å²) in [6.07, 6.45) is -15.2. The lowest BCUT2D eigenvalue weighted by Gasteiger charge is -2.55. The van der Waals surface area contributed by atoms with Crippen LogP contribution in [0.3, 0.4) is 0 Å². The summed E-state index contributed by atoms with van der Waals surface area (Å²) < 4.78 is 16.9. The van der Waals surface area contributed by atoms with Crippen molar-refractivity contribution < 1.29 is 79.3 Å². The molecule has 16 heteroatoms. The van der Waals surface area contributed by atoms with E-state index in [1.807, 2.05) is 27.7 Å². The predicted molar refractivity (Wildman–Crippen MR) is 193 cm³/mol. The van der Waals surface area contributed by atoms with Crippen molar-refractivity contribution in [3.63, 3.8) is 0 Å². The SMILES string of the molecule is CCCCCCCC(=O)O[C@@H]1[C@H](OC(O)[C@H](O)[C@@H](O)[C@@H](O)[C@H](O)CO)O[C@H](C(O)C(=O)CCCCC)[C@](O)(C(=O)CCCCC)[C@@]1(O)C(=O)CCCCC. The molecule has 0 aromatic heterocycles. The van der Waals surface area contributed by atoms with Crippen LogP contribution < -0.4 is 0 Å². The van der Waals surface area contributed by atoms with Gasteiger partial charge in [0.2, 0.25) is 11.9 Å². The number of unbranched alkanes of at least 4 members (excludes halogenated alkanes) is 10. The van der Waals surface area contributed by atoms with Crippen LogP contribution in [0.25, 0.3) is 0 Å². The smallest absolute Gasteiger partial charge is 0.306 e. The Hall–Kier alpha value is -1.96. The standard InChI is InChI=1S/C38H68O16/c1-5-9-13-14-18-22-28(44)52-34-36(54-35(49)32(48)31(47)29(45)25(41)23-39)53-33(30(46)24(40)19-15-10-6-2)37(50,26(42)20-16-11-7-3)38(34,51)27(43)21-17-12-8-4/h25,29-36,39,41,45-51H,5-23H2,1-4H3/t25-,29+,30?,31+,32-,33-,34-,35?,36+,37-,38-/m1/s1. The van der Waals surface area contributed by atoms with Crippen molar-refractivity contribution in [2.24, 2.45) is 0 Å². The van der Waals surface area contributed by atoms with Crippen LogP contribution in [0.1, 0.15) is 143 Å². The van der Waals surface area contributed by atoms with Crippen LogP contribution in [0.5, 0.6) is 0 Å². The van der Waals surface area contributed by atoms with Gasteiger partial charge >= 0.3 is 5.97 Å². The summed E-state index contributed by atoms with van der Waals surface area (Å²) in [7, 11) is 0. The second kappa shape index (κ2) is 25.3. The number of hydrogen-bond acceptors (Lipinski definition) is 16. The van der Waals surface area contributed by atoms with Crippen LogP contribution in [-0.2, 0) is 33.4 Å². The number of hydrogen-bond donors (Lipinski definition) is 9. The summed E-state index contributed by atoms with van der Waals surface area (Å²) in [6.45, 7) is 6.51. The number of esters is 1. The first-order valence-electron chi connectivity index (χ1n) is 19.8. The van der Waals surface area contributed by atoms with Crippen molar-refractivity contribution in [3.8, 4) is 0 Å². The van der Waals surface area contributed by atoms with Gasteiger partial charge in [0.1, 0.15) is 36.6 Å². The van der Waals surface area contributed by atoms with Gasteiger partial charge in [0, 0.05) is 25.7 Å². The molecule has 1 rings (SSSR count). The first-order chi connectivity index (χ1) is 25.5. The van der Waals surface area contributed by atoms with E-state index in [1.165, 1.54) is 0 Å².